The maximum absolute atomic E-state index is 13.8. The molecule has 0 saturated heterocycles. The second-order valence-corrected chi connectivity index (χ2v) is 19.7. The number of rotatable bonds is 21. The lowest BCUT2D eigenvalue weighted by atomic mass is 9.83. The molecule has 0 radical (unpaired) electrons. The summed E-state index contributed by atoms with van der Waals surface area (Å²) in [5.41, 5.74) is 0.957. The van der Waals surface area contributed by atoms with E-state index in [1.807, 2.05) is 33.8 Å². The average molecular weight is 1060 g/mol. The van der Waals surface area contributed by atoms with Gasteiger partial charge < -0.3 is 61.2 Å². The van der Waals surface area contributed by atoms with E-state index in [2.05, 4.69) is 27.6 Å². The van der Waals surface area contributed by atoms with Gasteiger partial charge >= 0.3 is 17.9 Å². The van der Waals surface area contributed by atoms with Crippen molar-refractivity contribution < 1.29 is 80.2 Å². The molecule has 3 aromatic rings. The lowest BCUT2D eigenvalue weighted by molar-refractivity contribution is -0.173. The van der Waals surface area contributed by atoms with Gasteiger partial charge in [-0.1, -0.05) is 46.8 Å². The second-order valence-electron chi connectivity index (χ2n) is 19.0. The number of hydrogen-bond acceptors (Lipinski definition) is 21. The van der Waals surface area contributed by atoms with E-state index >= 15 is 0 Å². The van der Waals surface area contributed by atoms with Crippen LogP contribution in [0.4, 0.5) is 0 Å². The second kappa shape index (κ2) is 30.4. The molecule has 0 saturated carbocycles. The lowest BCUT2D eigenvalue weighted by Crippen LogP contribution is -2.42. The summed E-state index contributed by atoms with van der Waals surface area (Å²) in [6.07, 6.45) is 5.99. The Kier molecular flexibility index (Phi) is 25.2. The summed E-state index contributed by atoms with van der Waals surface area (Å²) in [5, 5.41) is 10.6. The summed E-state index contributed by atoms with van der Waals surface area (Å²) in [7, 11) is 8.96. The number of Topliss-reactive ketones (excluding diaryl/α,β-unsaturated/α-hetero) is 1. The molecule has 1 aliphatic heterocycles. The van der Waals surface area contributed by atoms with Gasteiger partial charge in [0.15, 0.2) is 17.5 Å². The highest BCUT2D eigenvalue weighted by atomic mass is 32.1. The third-order valence-corrected chi connectivity index (χ3v) is 13.8. The van der Waals surface area contributed by atoms with Crippen molar-refractivity contribution in [2.24, 2.45) is 29.6 Å². The average Bonchev–Trinajstić information content (AvgIpc) is 4.17. The molecule has 4 rings (SSSR count). The van der Waals surface area contributed by atoms with Crippen LogP contribution in [0.3, 0.4) is 0 Å². The van der Waals surface area contributed by atoms with Gasteiger partial charge in [-0.25, -0.2) is 19.7 Å². The molecule has 21 nitrogen and oxygen atoms in total. The molecule has 0 fully saturated rings. The van der Waals surface area contributed by atoms with Crippen molar-refractivity contribution in [2.75, 3.05) is 49.2 Å². The van der Waals surface area contributed by atoms with Crippen LogP contribution in [0, 0.1) is 29.6 Å². The number of aliphatic hydroxyl groups is 1. The van der Waals surface area contributed by atoms with E-state index < -0.39 is 95.7 Å². The first-order chi connectivity index (χ1) is 35.3. The van der Waals surface area contributed by atoms with Crippen LogP contribution in [0.1, 0.15) is 104 Å². The molecule has 1 amide bonds. The zero-order valence-corrected chi connectivity index (χ0v) is 45.5. The Morgan fingerprint density at radius 1 is 0.905 bits per heavy atom. The Morgan fingerprint density at radius 2 is 1.59 bits per heavy atom. The van der Waals surface area contributed by atoms with Gasteiger partial charge in [0.05, 0.1) is 31.3 Å². The predicted molar refractivity (Wildman–Crippen MR) is 271 cm³/mol. The number of nitrogens with zero attached hydrogens (tertiary/aromatic N) is 4. The third-order valence-electron chi connectivity index (χ3n) is 13.4. The fourth-order valence-electron chi connectivity index (χ4n) is 8.94. The van der Waals surface area contributed by atoms with E-state index in [1.54, 1.807) is 46.5 Å². The summed E-state index contributed by atoms with van der Waals surface area (Å²) in [5.74, 6) is -3.89. The topological polar surface area (TPSA) is 261 Å². The maximum Gasteiger partial charge on any atom is 0.337 e. The third kappa shape index (κ3) is 18.0. The Bertz CT molecular complexity index is 2280. The van der Waals surface area contributed by atoms with Gasteiger partial charge in [-0.15, -0.1) is 0 Å². The lowest BCUT2D eigenvalue weighted by Gasteiger charge is -2.35. The van der Waals surface area contributed by atoms with Crippen LogP contribution in [0.5, 0.6) is 0 Å². The van der Waals surface area contributed by atoms with Gasteiger partial charge in [-0.3, -0.25) is 19.2 Å². The van der Waals surface area contributed by atoms with Crippen molar-refractivity contribution in [2.45, 2.75) is 141 Å². The SMILES string of the molecule is COC[C@@H](OC)C(=O)O[C@H](CC[C@H](C)[C@H](C[C@@H]1OC(=O)C[C@@H](O)C[C@H](S)CC(=O)[C@H](C)[C@H](OC)c2coc(n2)-c2coc(n2)-c2coc(n2)/C=C/C[C@H](OC)[C@H]1C)OC)[C@H](C)[C@H](OC(C)=O)[C@H](C)/C=C/N(C)C=O. The Labute approximate surface area is 438 Å². The fourth-order valence-corrected chi connectivity index (χ4v) is 9.36. The number of ketones is 1. The largest absolute Gasteiger partial charge is 0.462 e. The first kappa shape index (κ1) is 61.3. The molecular weight excluding hydrogens is 985 g/mol. The number of amides is 1. The summed E-state index contributed by atoms with van der Waals surface area (Å²) in [6, 6.07) is 0. The van der Waals surface area contributed by atoms with E-state index in [4.69, 9.17) is 51.1 Å². The van der Waals surface area contributed by atoms with Gasteiger partial charge in [0.1, 0.15) is 54.7 Å². The molecule has 0 spiro atoms. The molecule has 3 aromatic heterocycles. The Morgan fingerprint density at radius 3 is 2.24 bits per heavy atom. The van der Waals surface area contributed by atoms with Crippen LogP contribution >= 0.6 is 12.6 Å². The van der Waals surface area contributed by atoms with Crippen LogP contribution < -0.4 is 0 Å². The van der Waals surface area contributed by atoms with Gasteiger partial charge in [0.25, 0.3) is 0 Å². The van der Waals surface area contributed by atoms with Gasteiger partial charge in [-0.05, 0) is 37.7 Å². The minimum absolute atomic E-state index is 0.00663. The maximum atomic E-state index is 13.8. The highest BCUT2D eigenvalue weighted by Crippen LogP contribution is 2.34. The molecule has 6 bridgehead atoms. The van der Waals surface area contributed by atoms with Crippen LogP contribution in [0.15, 0.2) is 50.4 Å². The van der Waals surface area contributed by atoms with Crippen molar-refractivity contribution in [3.8, 4) is 23.2 Å². The Hall–Kier alpha value is -5.23. The molecule has 14 atom stereocenters. The standard InChI is InChI=1S/C52H76N4O17S/c1-29(16-17-42(73-52(62)45(66-11)27-63-8)33(5)48(71-34(6)58)30(2)18-19-56(7)28-57)43(65-10)23-44-32(4)41(64-9)14-13-15-46-53-38(25-68-46)50-55-39(26-70-50)51-54-37(24-69-51)49(67-12)31(3)40(60)22-36(74)20-35(59)21-47(61)72-44/h13,15,18-19,24-26,28-33,35-36,41-45,48-49,59,74H,14,16-17,20-23,27H2,1-12H3/b15-13+,19-18+/t29-,30+,31-,32+,33-,35-,36-,41-,42+,43-,44-,45+,48+,49-/m0/s1. The number of cyclic esters (lactones) is 1. The number of methoxy groups -OCH3 is 5. The monoisotopic (exact) mass is 1060 g/mol. The number of hydrogen-bond donors (Lipinski definition) is 2. The van der Waals surface area contributed by atoms with Crippen molar-refractivity contribution in [1.29, 1.82) is 0 Å². The van der Waals surface area contributed by atoms with Crippen molar-refractivity contribution in [3.63, 3.8) is 0 Å². The first-order valence-corrected chi connectivity index (χ1v) is 25.2. The highest BCUT2D eigenvalue weighted by molar-refractivity contribution is 7.81. The van der Waals surface area contributed by atoms with Crippen molar-refractivity contribution in [1.82, 2.24) is 19.9 Å². The van der Waals surface area contributed by atoms with E-state index in [9.17, 15) is 29.1 Å². The number of carbonyl (C=O) groups excluding carboxylic acids is 5. The van der Waals surface area contributed by atoms with Gasteiger partial charge in [0.2, 0.25) is 24.1 Å². The van der Waals surface area contributed by atoms with E-state index in [-0.39, 0.29) is 73.8 Å². The number of aromatic nitrogens is 3. The molecule has 0 aliphatic carbocycles. The number of thiol groups is 1. The number of ether oxygens (including phenoxy) is 8. The molecule has 0 aromatic carbocycles. The summed E-state index contributed by atoms with van der Waals surface area (Å²) >= 11 is 4.63. The molecule has 1 N–H and O–H groups in total. The molecule has 1 aliphatic rings. The minimum Gasteiger partial charge on any atom is -0.462 e. The zero-order valence-electron chi connectivity index (χ0n) is 44.6. The molecule has 412 valence electrons. The number of esters is 3. The normalized spacial score (nSPS) is 24.8. The van der Waals surface area contributed by atoms with Gasteiger partial charge in [-0.2, -0.15) is 12.6 Å². The van der Waals surface area contributed by atoms with Crippen LogP contribution in [-0.2, 0) is 61.9 Å². The highest BCUT2D eigenvalue weighted by Gasteiger charge is 2.38. The summed E-state index contributed by atoms with van der Waals surface area (Å²) in [6.45, 7) is 10.5. The minimum atomic E-state index is -1.20. The predicted octanol–water partition coefficient (Wildman–Crippen LogP) is 6.89. The molecular formula is C52H76N4O17S. The van der Waals surface area contributed by atoms with Gasteiger partial charge in [0, 0.05) is 97.5 Å². The number of fused-ring (bicyclic) bond motifs is 8. The summed E-state index contributed by atoms with van der Waals surface area (Å²) in [4.78, 5) is 79.6. The number of aliphatic hydroxyl groups excluding tert-OH is 1. The fraction of sp³-hybridized carbons (Fsp3) is 0.654. The van der Waals surface area contributed by atoms with Crippen LogP contribution in [0.25, 0.3) is 29.2 Å². The zero-order chi connectivity index (χ0) is 54.6. The molecule has 0 unspecified atom stereocenters. The molecule has 22 heteroatoms. The Balaban J connectivity index is 1.63. The quantitative estimate of drug-likeness (QED) is 0.0476. The van der Waals surface area contributed by atoms with E-state index in [1.165, 1.54) is 51.9 Å². The van der Waals surface area contributed by atoms with E-state index in [0.29, 0.717) is 30.6 Å². The smallest absolute Gasteiger partial charge is 0.337 e. The van der Waals surface area contributed by atoms with Crippen molar-refractivity contribution in [3.05, 3.63) is 48.7 Å². The molecule has 4 heterocycles. The molecule has 74 heavy (non-hydrogen) atoms. The van der Waals surface area contributed by atoms with E-state index in [0.717, 1.165) is 0 Å². The van der Waals surface area contributed by atoms with Crippen molar-refractivity contribution >= 4 is 48.8 Å². The first-order valence-electron chi connectivity index (χ1n) is 24.7. The van der Waals surface area contributed by atoms with Crippen LogP contribution in [-0.4, -0.2) is 152 Å². The number of carbonyl (C=O) groups is 5. The summed E-state index contributed by atoms with van der Waals surface area (Å²) < 4.78 is 63.7. The number of oxazole rings is 3. The van der Waals surface area contributed by atoms with Crippen LogP contribution in [0.2, 0.25) is 0 Å².